The number of hydrogen-bond donors (Lipinski definition) is 4. The number of quaternary nitrogens is 1. The molecule has 1 aliphatic heterocycles. The van der Waals surface area contributed by atoms with Gasteiger partial charge in [-0.05, 0) is 19.9 Å². The first kappa shape index (κ1) is 14.2. The molecular weight excluding hydrogens is 286 g/mol. The molecule has 0 radical (unpaired) electrons. The van der Waals surface area contributed by atoms with Gasteiger partial charge in [-0.2, -0.15) is 0 Å². The first-order chi connectivity index (χ1) is 9.83. The topological polar surface area (TPSA) is 98.5 Å². The minimum Gasteiger partial charge on any atom is -0.397 e. The summed E-state index contributed by atoms with van der Waals surface area (Å²) in [7, 11) is 2.19. The van der Waals surface area contributed by atoms with Crippen LogP contribution in [0, 0.1) is 0 Å². The Hall–Kier alpha value is -1.70. The van der Waals surface area contributed by atoms with Gasteiger partial charge in [-0.1, -0.05) is 0 Å². The molecule has 0 bridgehead atoms. The largest absolute Gasteiger partial charge is 0.397 e. The molecule has 2 aromatic rings. The van der Waals surface area contributed by atoms with Crippen molar-refractivity contribution in [3.63, 3.8) is 0 Å². The molecule has 1 atom stereocenters. The van der Waals surface area contributed by atoms with E-state index >= 15 is 0 Å². The number of nitrogens with one attached hydrogen (secondary N) is 2. The van der Waals surface area contributed by atoms with Crippen LogP contribution in [-0.2, 0) is 13.0 Å². The molecule has 3 rings (SSSR count). The van der Waals surface area contributed by atoms with Gasteiger partial charge in [0.1, 0.15) is 16.3 Å². The van der Waals surface area contributed by atoms with Crippen molar-refractivity contribution >= 4 is 33.1 Å². The minimum absolute atomic E-state index is 0.161. The number of nitrogens with zero attached hydrogens (tertiary/aromatic N) is 1. The number of hydrogen-bond acceptors (Lipinski definition) is 5. The van der Waals surface area contributed by atoms with E-state index < -0.39 is 0 Å². The number of rotatable bonds is 1. The lowest BCUT2D eigenvalue weighted by Crippen LogP contribution is -3.16. The summed E-state index contributed by atoms with van der Waals surface area (Å²) < 4.78 is 0. The molecule has 0 aromatic carbocycles. The van der Waals surface area contributed by atoms with Crippen LogP contribution in [0.4, 0.5) is 5.69 Å². The predicted molar refractivity (Wildman–Crippen MR) is 84.1 cm³/mol. The molecule has 7 heteroatoms. The average molecular weight is 306 g/mol. The molecule has 0 saturated carbocycles. The Bertz CT molecular complexity index is 737. The van der Waals surface area contributed by atoms with Crippen molar-refractivity contribution in [1.29, 1.82) is 0 Å². The summed E-state index contributed by atoms with van der Waals surface area (Å²) >= 11 is 1.30. The zero-order chi connectivity index (χ0) is 15.4. The normalized spacial score (nSPS) is 20.3. The predicted octanol–water partition coefficient (Wildman–Crippen LogP) is -0.169. The van der Waals surface area contributed by atoms with Gasteiger partial charge in [0, 0.05) is 17.4 Å². The molecule has 6 nitrogen and oxygen atoms in total. The first-order valence-electron chi connectivity index (χ1n) is 6.88. The molecule has 6 N–H and O–H groups in total. The van der Waals surface area contributed by atoms with Crippen molar-refractivity contribution in [3.8, 4) is 0 Å². The number of anilines is 1. The summed E-state index contributed by atoms with van der Waals surface area (Å²) in [6, 6.07) is 2.08. The van der Waals surface area contributed by atoms with Crippen LogP contribution in [0.15, 0.2) is 6.07 Å². The minimum atomic E-state index is -0.364. The molecule has 0 saturated heterocycles. The Kier molecular flexibility index (Phi) is 3.16. The molecular formula is C14H20N5OS+. The number of aromatic nitrogens is 1. The van der Waals surface area contributed by atoms with Crippen molar-refractivity contribution in [2.45, 2.75) is 32.4 Å². The SMILES string of the molecule is C[NH+]1Cc2cc3c(N)c(C(=O)NN)sc3nc2CC1(C)C. The zero-order valence-corrected chi connectivity index (χ0v) is 13.2. The van der Waals surface area contributed by atoms with E-state index in [0.29, 0.717) is 10.6 Å². The number of carbonyl (C=O) groups excluding carboxylic acids is 1. The van der Waals surface area contributed by atoms with Crippen LogP contribution >= 0.6 is 11.3 Å². The third-order valence-corrected chi connectivity index (χ3v) is 5.56. The maximum Gasteiger partial charge on any atom is 0.277 e. The fourth-order valence-electron chi connectivity index (χ4n) is 2.75. The quantitative estimate of drug-likeness (QED) is 0.334. The zero-order valence-electron chi connectivity index (χ0n) is 12.4. The van der Waals surface area contributed by atoms with Gasteiger partial charge in [0.2, 0.25) is 0 Å². The lowest BCUT2D eigenvalue weighted by Gasteiger charge is -2.37. The number of amides is 1. The van der Waals surface area contributed by atoms with Crippen LogP contribution in [0.25, 0.3) is 10.2 Å². The molecule has 3 heterocycles. The van der Waals surface area contributed by atoms with Gasteiger partial charge in [-0.15, -0.1) is 11.3 Å². The highest BCUT2D eigenvalue weighted by Gasteiger charge is 2.35. The summed E-state index contributed by atoms with van der Waals surface area (Å²) in [6.45, 7) is 5.40. The van der Waals surface area contributed by atoms with Gasteiger partial charge >= 0.3 is 0 Å². The van der Waals surface area contributed by atoms with Crippen LogP contribution < -0.4 is 21.9 Å². The summed E-state index contributed by atoms with van der Waals surface area (Å²) in [5.74, 6) is 4.83. The molecule has 1 unspecified atom stereocenters. The Labute approximate surface area is 127 Å². The highest BCUT2D eigenvalue weighted by Crippen LogP contribution is 2.34. The number of fused-ring (bicyclic) bond motifs is 2. The summed E-state index contributed by atoms with van der Waals surface area (Å²) in [4.78, 5) is 19.2. The van der Waals surface area contributed by atoms with Crippen LogP contribution in [-0.4, -0.2) is 23.5 Å². The molecule has 112 valence electrons. The second kappa shape index (κ2) is 4.66. The standard InChI is InChI=1S/C14H19N5OS/c1-14(2)5-9-7(6-19(14)3)4-8-10(15)11(12(20)18-16)21-13(8)17-9/h4H,5-6,15-16H2,1-3H3,(H,18,20)/p+1. The first-order valence-corrected chi connectivity index (χ1v) is 7.69. The lowest BCUT2D eigenvalue weighted by molar-refractivity contribution is -0.945. The van der Waals surface area contributed by atoms with E-state index in [1.165, 1.54) is 21.8 Å². The molecule has 0 fully saturated rings. The fraction of sp³-hybridized carbons (Fsp3) is 0.429. The summed E-state index contributed by atoms with van der Waals surface area (Å²) in [5.41, 5.74) is 11.2. The number of pyridine rings is 1. The second-order valence-corrected chi connectivity index (χ2v) is 7.28. The van der Waals surface area contributed by atoms with E-state index in [4.69, 9.17) is 16.6 Å². The molecule has 0 aliphatic carbocycles. The van der Waals surface area contributed by atoms with Crippen molar-refractivity contribution in [3.05, 3.63) is 22.2 Å². The van der Waals surface area contributed by atoms with Crippen LogP contribution in [0.5, 0.6) is 0 Å². The highest BCUT2D eigenvalue weighted by molar-refractivity contribution is 7.21. The van der Waals surface area contributed by atoms with E-state index in [-0.39, 0.29) is 11.4 Å². The molecule has 21 heavy (non-hydrogen) atoms. The van der Waals surface area contributed by atoms with E-state index in [2.05, 4.69) is 32.4 Å². The van der Waals surface area contributed by atoms with E-state index in [1.54, 1.807) is 0 Å². The van der Waals surface area contributed by atoms with Crippen molar-refractivity contribution < 1.29 is 9.69 Å². The van der Waals surface area contributed by atoms with Crippen LogP contribution in [0.1, 0.15) is 34.8 Å². The smallest absolute Gasteiger partial charge is 0.277 e. The monoisotopic (exact) mass is 306 g/mol. The average Bonchev–Trinajstić information content (AvgIpc) is 2.74. The number of hydrazine groups is 1. The maximum absolute atomic E-state index is 11.7. The van der Waals surface area contributed by atoms with Gasteiger partial charge < -0.3 is 10.6 Å². The van der Waals surface area contributed by atoms with Crippen molar-refractivity contribution in [2.75, 3.05) is 12.8 Å². The van der Waals surface area contributed by atoms with Crippen molar-refractivity contribution in [2.24, 2.45) is 5.84 Å². The van der Waals surface area contributed by atoms with Crippen LogP contribution in [0.2, 0.25) is 0 Å². The summed E-state index contributed by atoms with van der Waals surface area (Å²) in [6.07, 6.45) is 0.917. The fourth-order valence-corrected chi connectivity index (χ4v) is 3.75. The van der Waals surface area contributed by atoms with Gasteiger partial charge in [-0.25, -0.2) is 10.8 Å². The number of likely N-dealkylation sites (N-methyl/N-ethyl adjacent to an activating group) is 1. The molecule has 1 aliphatic rings. The summed E-state index contributed by atoms with van der Waals surface area (Å²) in [5, 5.41) is 0.852. The second-order valence-electron chi connectivity index (χ2n) is 6.28. The molecule has 0 spiro atoms. The number of thiophene rings is 1. The lowest BCUT2D eigenvalue weighted by atomic mass is 9.89. The third-order valence-electron chi connectivity index (χ3n) is 4.45. The van der Waals surface area contributed by atoms with Gasteiger partial charge in [0.05, 0.1) is 24.0 Å². The Balaban J connectivity index is 2.16. The molecule has 2 aromatic heterocycles. The Morgan fingerprint density at radius 1 is 1.52 bits per heavy atom. The van der Waals surface area contributed by atoms with Gasteiger partial charge in [0.25, 0.3) is 5.91 Å². The molecule has 1 amide bonds. The highest BCUT2D eigenvalue weighted by atomic mass is 32.1. The van der Waals surface area contributed by atoms with Gasteiger partial charge in [0.15, 0.2) is 0 Å². The van der Waals surface area contributed by atoms with Crippen molar-refractivity contribution in [1.82, 2.24) is 10.4 Å². The number of carbonyl (C=O) groups is 1. The van der Waals surface area contributed by atoms with Gasteiger partial charge in [-0.3, -0.25) is 10.2 Å². The third kappa shape index (κ3) is 2.17. The van der Waals surface area contributed by atoms with E-state index in [1.807, 2.05) is 0 Å². The van der Waals surface area contributed by atoms with Crippen LogP contribution in [0.3, 0.4) is 0 Å². The Morgan fingerprint density at radius 2 is 2.24 bits per heavy atom. The number of nitrogen functional groups attached to an aromatic ring is 2. The van der Waals surface area contributed by atoms with E-state index in [9.17, 15) is 4.79 Å². The number of nitrogens with two attached hydrogens (primary N) is 2. The Morgan fingerprint density at radius 3 is 2.90 bits per heavy atom. The maximum atomic E-state index is 11.7. The van der Waals surface area contributed by atoms with E-state index in [0.717, 1.165) is 28.9 Å².